The van der Waals surface area contributed by atoms with Crippen molar-refractivity contribution < 1.29 is 34.3 Å². The molecule has 2 aliphatic heterocycles. The lowest BCUT2D eigenvalue weighted by Crippen LogP contribution is -2.40. The third-order valence-corrected chi connectivity index (χ3v) is 6.97. The Balaban J connectivity index is 1.20. The summed E-state index contributed by atoms with van der Waals surface area (Å²) in [6.07, 6.45) is -1.37. The molecule has 0 bridgehead atoms. The predicted molar refractivity (Wildman–Crippen MR) is 138 cm³/mol. The Kier molecular flexibility index (Phi) is 7.80. The molecule has 13 heteroatoms. The average Bonchev–Trinajstić information content (AvgIpc) is 3.49. The van der Waals surface area contributed by atoms with E-state index in [1.165, 1.54) is 18.0 Å². The molecule has 1 aromatic carbocycles. The number of ether oxygens (including phenoxy) is 3. The Morgan fingerprint density at radius 1 is 1.18 bits per heavy atom. The van der Waals surface area contributed by atoms with Crippen molar-refractivity contribution >= 4 is 23.1 Å². The lowest BCUT2D eigenvalue weighted by molar-refractivity contribution is -0.0511. The predicted octanol–water partition coefficient (Wildman–Crippen LogP) is 0.681. The lowest BCUT2D eigenvalue weighted by Gasteiger charge is -2.30. The van der Waals surface area contributed by atoms with Crippen LogP contribution in [0.4, 0.5) is 10.6 Å². The van der Waals surface area contributed by atoms with Crippen LogP contribution < -0.4 is 15.2 Å². The maximum absolute atomic E-state index is 12.6. The summed E-state index contributed by atoms with van der Waals surface area (Å²) in [6, 6.07) is 7.01. The van der Waals surface area contributed by atoms with Crippen molar-refractivity contribution in [2.75, 3.05) is 32.5 Å². The van der Waals surface area contributed by atoms with Crippen molar-refractivity contribution in [2.45, 2.75) is 43.8 Å². The largest absolute Gasteiger partial charge is 0.493 e. The average molecular weight is 539 g/mol. The van der Waals surface area contributed by atoms with Gasteiger partial charge < -0.3 is 40.2 Å². The van der Waals surface area contributed by atoms with E-state index < -0.39 is 37.2 Å². The number of aliphatic hydroxyl groups excluding tert-OH is 3. The number of rotatable bonds is 5. The number of benzene rings is 1. The molecule has 0 spiro atoms. The zero-order chi connectivity index (χ0) is 27.5. The van der Waals surface area contributed by atoms with E-state index in [1.54, 1.807) is 23.1 Å². The molecule has 0 aliphatic carbocycles. The van der Waals surface area contributed by atoms with Crippen molar-refractivity contribution in [2.24, 2.45) is 5.92 Å². The van der Waals surface area contributed by atoms with Crippen LogP contribution in [0.25, 0.3) is 11.2 Å². The highest BCUT2D eigenvalue weighted by molar-refractivity contribution is 5.82. The van der Waals surface area contributed by atoms with Gasteiger partial charge in [0.25, 0.3) is 0 Å². The van der Waals surface area contributed by atoms with Gasteiger partial charge in [-0.2, -0.15) is 0 Å². The fourth-order valence-corrected chi connectivity index (χ4v) is 4.75. The maximum Gasteiger partial charge on any atom is 0.415 e. The van der Waals surface area contributed by atoms with E-state index >= 15 is 0 Å². The summed E-state index contributed by atoms with van der Waals surface area (Å²) in [4.78, 5) is 27.1. The molecule has 206 valence electrons. The topological polar surface area (TPSA) is 178 Å². The molecule has 0 radical (unpaired) electrons. The molecule has 2 fully saturated rings. The number of fused-ring (bicyclic) bond motifs is 1. The van der Waals surface area contributed by atoms with Crippen molar-refractivity contribution in [3.63, 3.8) is 0 Å². The number of nitrogen functional groups attached to an aromatic ring is 1. The van der Waals surface area contributed by atoms with Crippen molar-refractivity contribution in [3.8, 4) is 23.3 Å². The van der Waals surface area contributed by atoms with Crippen LogP contribution in [0.5, 0.6) is 11.5 Å². The number of methoxy groups -OCH3 is 1. The van der Waals surface area contributed by atoms with Crippen LogP contribution in [0, 0.1) is 17.8 Å². The number of carbonyl (C=O) groups is 1. The van der Waals surface area contributed by atoms with E-state index in [9.17, 15) is 20.1 Å². The Labute approximate surface area is 224 Å². The first kappa shape index (κ1) is 26.6. The van der Waals surface area contributed by atoms with Gasteiger partial charge in [-0.3, -0.25) is 4.57 Å². The first-order valence-electron chi connectivity index (χ1n) is 12.6. The fraction of sp³-hybridized carbons (Fsp3) is 0.462. The number of aromatic nitrogens is 4. The molecule has 39 heavy (non-hydrogen) atoms. The van der Waals surface area contributed by atoms with E-state index in [0.717, 1.165) is 12.8 Å². The summed E-state index contributed by atoms with van der Waals surface area (Å²) >= 11 is 0. The smallest absolute Gasteiger partial charge is 0.415 e. The first-order chi connectivity index (χ1) is 18.9. The highest BCUT2D eigenvalue weighted by atomic mass is 16.6. The molecule has 13 nitrogen and oxygen atoms in total. The lowest BCUT2D eigenvalue weighted by atomic mass is 9.94. The highest BCUT2D eigenvalue weighted by Gasteiger charge is 2.44. The van der Waals surface area contributed by atoms with E-state index in [0.29, 0.717) is 48.1 Å². The van der Waals surface area contributed by atoms with E-state index in [4.69, 9.17) is 19.9 Å². The van der Waals surface area contributed by atoms with Gasteiger partial charge in [0.15, 0.2) is 29.2 Å². The van der Waals surface area contributed by atoms with Crippen LogP contribution in [0.15, 0.2) is 30.6 Å². The monoisotopic (exact) mass is 538 g/mol. The Morgan fingerprint density at radius 2 is 1.92 bits per heavy atom. The molecule has 4 atom stereocenters. The standard InChI is InChI=1S/C26H30N6O7/c1-37-16-6-2-3-7-17(16)39-26(36)31-11-9-15(10-12-31)5-4-8-19-29-23(27)20-24(30-19)32(14-28-20)25-22(35)21(34)18(13-33)38-25/h2-3,6-7,14-15,18,21-22,25,33-35H,5,9-13H2,1H3,(H2,27,29,30)/t18-,21-,22-,25-/m1/s1. The third kappa shape index (κ3) is 5.45. The number of aliphatic hydroxyl groups is 3. The molecule has 5 N–H and O–H groups in total. The van der Waals surface area contributed by atoms with E-state index in [1.807, 2.05) is 6.07 Å². The summed E-state index contributed by atoms with van der Waals surface area (Å²) in [5, 5.41) is 29.9. The van der Waals surface area contributed by atoms with Gasteiger partial charge in [-0.15, -0.1) is 0 Å². The van der Waals surface area contributed by atoms with E-state index in [-0.39, 0.29) is 11.6 Å². The second kappa shape index (κ2) is 11.4. The minimum absolute atomic E-state index is 0.122. The molecule has 2 aromatic heterocycles. The summed E-state index contributed by atoms with van der Waals surface area (Å²) in [7, 11) is 1.53. The molecular weight excluding hydrogens is 508 g/mol. The zero-order valence-electron chi connectivity index (χ0n) is 21.3. The van der Waals surface area contributed by atoms with Gasteiger partial charge in [0.1, 0.15) is 23.8 Å². The molecule has 2 aliphatic rings. The molecule has 2 saturated heterocycles. The molecule has 4 heterocycles. The highest BCUT2D eigenvalue weighted by Crippen LogP contribution is 2.32. The number of imidazole rings is 1. The number of nitrogens with zero attached hydrogens (tertiary/aromatic N) is 5. The second-order valence-electron chi connectivity index (χ2n) is 9.44. The summed E-state index contributed by atoms with van der Waals surface area (Å²) in [6.45, 7) is 0.662. The quantitative estimate of drug-likeness (QED) is 0.336. The Morgan fingerprint density at radius 3 is 2.62 bits per heavy atom. The molecular formula is C26H30N6O7. The van der Waals surface area contributed by atoms with Crippen LogP contribution in [0.1, 0.15) is 31.3 Å². The fourth-order valence-electron chi connectivity index (χ4n) is 4.75. The number of para-hydroxylation sites is 2. The molecule has 3 aromatic rings. The maximum atomic E-state index is 12.6. The van der Waals surface area contributed by atoms with Gasteiger partial charge in [-0.1, -0.05) is 18.1 Å². The number of hydrogen-bond donors (Lipinski definition) is 4. The number of carbonyl (C=O) groups excluding carboxylic acids is 1. The third-order valence-electron chi connectivity index (χ3n) is 6.97. The number of anilines is 1. The normalized spacial score (nSPS) is 23.4. The van der Waals surface area contributed by atoms with Gasteiger partial charge >= 0.3 is 6.09 Å². The summed E-state index contributed by atoms with van der Waals surface area (Å²) < 4.78 is 17.8. The Bertz CT molecular complexity index is 1390. The summed E-state index contributed by atoms with van der Waals surface area (Å²) in [5.41, 5.74) is 6.68. The van der Waals surface area contributed by atoms with Crippen LogP contribution in [0.3, 0.4) is 0 Å². The van der Waals surface area contributed by atoms with Crippen molar-refractivity contribution in [1.29, 1.82) is 0 Å². The number of amides is 1. The van der Waals surface area contributed by atoms with Crippen LogP contribution in [-0.4, -0.2) is 90.9 Å². The van der Waals surface area contributed by atoms with Gasteiger partial charge in [-0.05, 0) is 36.8 Å². The minimum atomic E-state index is -1.29. The first-order valence-corrected chi connectivity index (χ1v) is 12.6. The van der Waals surface area contributed by atoms with Gasteiger partial charge in [0, 0.05) is 19.5 Å². The van der Waals surface area contributed by atoms with Crippen molar-refractivity contribution in [3.05, 3.63) is 36.4 Å². The van der Waals surface area contributed by atoms with E-state index in [2.05, 4.69) is 26.8 Å². The van der Waals surface area contributed by atoms with Crippen LogP contribution in [-0.2, 0) is 4.74 Å². The van der Waals surface area contributed by atoms with Gasteiger partial charge in [0.2, 0.25) is 5.82 Å². The SMILES string of the molecule is COc1ccccc1OC(=O)N1CCC(CC#Cc2nc(N)c3ncn([C@@H]4O[C@H](CO)[C@@H](O)[C@H]4O)c3n2)CC1. The molecule has 0 saturated carbocycles. The summed E-state index contributed by atoms with van der Waals surface area (Å²) in [5.74, 6) is 7.54. The number of likely N-dealkylation sites (tertiary alicyclic amines) is 1. The van der Waals surface area contributed by atoms with Gasteiger partial charge in [0.05, 0.1) is 20.0 Å². The van der Waals surface area contributed by atoms with Gasteiger partial charge in [-0.25, -0.2) is 19.7 Å². The number of hydrogen-bond acceptors (Lipinski definition) is 11. The van der Waals surface area contributed by atoms with Crippen LogP contribution >= 0.6 is 0 Å². The molecule has 0 unspecified atom stereocenters. The number of piperidine rings is 1. The molecule has 5 rings (SSSR count). The molecule has 1 amide bonds. The van der Waals surface area contributed by atoms with Crippen molar-refractivity contribution in [1.82, 2.24) is 24.4 Å². The van der Waals surface area contributed by atoms with Crippen LogP contribution in [0.2, 0.25) is 0 Å². The Hall–Kier alpha value is -3.96. The second-order valence-corrected chi connectivity index (χ2v) is 9.44. The minimum Gasteiger partial charge on any atom is -0.493 e. The zero-order valence-corrected chi connectivity index (χ0v) is 21.3. The number of nitrogens with two attached hydrogens (primary N) is 1.